The third kappa shape index (κ3) is 5.09. The number of aliphatic hydroxyl groups excluding tert-OH is 1. The Kier molecular flexibility index (Phi) is 5.35. The van der Waals surface area contributed by atoms with Crippen molar-refractivity contribution in [3.63, 3.8) is 0 Å². The maximum atomic E-state index is 11.7. The van der Waals surface area contributed by atoms with Gasteiger partial charge < -0.3 is 19.3 Å². The smallest absolute Gasteiger partial charge is 0.311 e. The van der Waals surface area contributed by atoms with Crippen LogP contribution in [0.3, 0.4) is 0 Å². The maximum Gasteiger partial charge on any atom is 0.311 e. The summed E-state index contributed by atoms with van der Waals surface area (Å²) in [5, 5.41) is 8.89. The quantitative estimate of drug-likeness (QED) is 0.775. The highest BCUT2D eigenvalue weighted by atomic mass is 16.8. The van der Waals surface area contributed by atoms with Crippen molar-refractivity contribution in [2.45, 2.75) is 65.5 Å². The van der Waals surface area contributed by atoms with Crippen LogP contribution >= 0.6 is 0 Å². The minimum atomic E-state index is -0.668. The fourth-order valence-corrected chi connectivity index (χ4v) is 1.96. The van der Waals surface area contributed by atoms with Gasteiger partial charge in [0.05, 0.1) is 11.5 Å². The molecule has 19 heavy (non-hydrogen) atoms. The number of hydrogen-bond donors (Lipinski definition) is 1. The van der Waals surface area contributed by atoms with Gasteiger partial charge in [-0.3, -0.25) is 4.79 Å². The summed E-state index contributed by atoms with van der Waals surface area (Å²) in [7, 11) is 0. The molecule has 0 aromatic heterocycles. The summed E-state index contributed by atoms with van der Waals surface area (Å²) in [4.78, 5) is 11.7. The van der Waals surface area contributed by atoms with E-state index in [1.54, 1.807) is 0 Å². The van der Waals surface area contributed by atoms with Gasteiger partial charge in [-0.15, -0.1) is 0 Å². The van der Waals surface area contributed by atoms with Gasteiger partial charge in [0.25, 0.3) is 0 Å². The van der Waals surface area contributed by atoms with Crippen LogP contribution in [0.2, 0.25) is 0 Å². The van der Waals surface area contributed by atoms with Crippen LogP contribution in [-0.2, 0) is 19.0 Å². The molecule has 0 spiro atoms. The molecular formula is C14H26O5. The predicted octanol–water partition coefficient (Wildman–Crippen LogP) is 1.87. The molecule has 1 saturated heterocycles. The summed E-state index contributed by atoms with van der Waals surface area (Å²) in [6, 6.07) is 0. The highest BCUT2D eigenvalue weighted by Crippen LogP contribution is 2.31. The molecule has 1 fully saturated rings. The highest BCUT2D eigenvalue weighted by molar-refractivity contribution is 5.75. The predicted molar refractivity (Wildman–Crippen MR) is 70.6 cm³/mol. The number of rotatable bonds is 5. The van der Waals surface area contributed by atoms with Gasteiger partial charge >= 0.3 is 5.97 Å². The largest absolute Gasteiger partial charge is 0.462 e. The van der Waals surface area contributed by atoms with Crippen LogP contribution in [0.25, 0.3) is 0 Å². The lowest BCUT2D eigenvalue weighted by molar-refractivity contribution is -0.165. The van der Waals surface area contributed by atoms with Crippen molar-refractivity contribution in [3.8, 4) is 0 Å². The van der Waals surface area contributed by atoms with Crippen LogP contribution in [0.4, 0.5) is 0 Å². The molecule has 5 heteroatoms. The van der Waals surface area contributed by atoms with Crippen molar-refractivity contribution < 1.29 is 24.1 Å². The topological polar surface area (TPSA) is 65.0 Å². The molecule has 0 saturated carbocycles. The second-order valence-corrected chi connectivity index (χ2v) is 6.43. The number of esters is 1. The van der Waals surface area contributed by atoms with E-state index in [1.165, 1.54) is 0 Å². The zero-order valence-electron chi connectivity index (χ0n) is 12.6. The van der Waals surface area contributed by atoms with Gasteiger partial charge in [-0.2, -0.15) is 0 Å². The van der Waals surface area contributed by atoms with Gasteiger partial charge in [-0.05, 0) is 47.5 Å². The first-order chi connectivity index (χ1) is 8.65. The zero-order chi connectivity index (χ0) is 14.7. The first kappa shape index (κ1) is 16.4. The van der Waals surface area contributed by atoms with E-state index in [2.05, 4.69) is 0 Å². The first-order valence-corrected chi connectivity index (χ1v) is 6.79. The number of carbonyl (C=O) groups is 1. The Morgan fingerprint density at radius 1 is 1.26 bits per heavy atom. The summed E-state index contributed by atoms with van der Waals surface area (Å²) in [6.07, 6.45) is 0.925. The molecule has 1 aliphatic heterocycles. The first-order valence-electron chi connectivity index (χ1n) is 6.79. The lowest BCUT2D eigenvalue weighted by atomic mass is 9.97. The van der Waals surface area contributed by atoms with Crippen LogP contribution in [0.15, 0.2) is 0 Å². The van der Waals surface area contributed by atoms with Crippen molar-refractivity contribution in [3.05, 3.63) is 0 Å². The Hall–Kier alpha value is -0.650. The average molecular weight is 274 g/mol. The van der Waals surface area contributed by atoms with E-state index in [0.717, 1.165) is 0 Å². The molecule has 2 unspecified atom stereocenters. The standard InChI is InChI=1S/C14H26O5/c1-13(2,3)12(16)17-9-11-10(7-6-8-15)18-14(4,5)19-11/h10-11,15H,6-9H2,1-5H3. The van der Waals surface area contributed by atoms with Crippen LogP contribution in [0.5, 0.6) is 0 Å². The Balaban J connectivity index is 2.52. The van der Waals surface area contributed by atoms with Crippen LogP contribution in [0.1, 0.15) is 47.5 Å². The molecule has 1 N–H and O–H groups in total. The molecule has 1 rings (SSSR count). The molecule has 5 nitrogen and oxygen atoms in total. The van der Waals surface area contributed by atoms with E-state index in [0.29, 0.717) is 12.8 Å². The summed E-state index contributed by atoms with van der Waals surface area (Å²) >= 11 is 0. The van der Waals surface area contributed by atoms with E-state index in [-0.39, 0.29) is 31.4 Å². The molecule has 0 aromatic carbocycles. The molecule has 0 bridgehead atoms. The Labute approximate surface area is 115 Å². The fraction of sp³-hybridized carbons (Fsp3) is 0.929. The van der Waals surface area contributed by atoms with Crippen LogP contribution in [0, 0.1) is 5.41 Å². The third-order valence-electron chi connectivity index (χ3n) is 2.92. The van der Waals surface area contributed by atoms with E-state index < -0.39 is 11.2 Å². The van der Waals surface area contributed by atoms with E-state index in [9.17, 15) is 4.79 Å². The zero-order valence-corrected chi connectivity index (χ0v) is 12.6. The Morgan fingerprint density at radius 2 is 1.84 bits per heavy atom. The molecular weight excluding hydrogens is 248 g/mol. The number of aliphatic hydroxyl groups is 1. The fourth-order valence-electron chi connectivity index (χ4n) is 1.96. The average Bonchev–Trinajstić information content (AvgIpc) is 2.56. The molecule has 0 amide bonds. The van der Waals surface area contributed by atoms with Crippen LogP contribution in [-0.4, -0.2) is 42.3 Å². The molecule has 0 aromatic rings. The highest BCUT2D eigenvalue weighted by Gasteiger charge is 2.41. The minimum absolute atomic E-state index is 0.120. The molecule has 0 aliphatic carbocycles. The Morgan fingerprint density at radius 3 is 2.37 bits per heavy atom. The molecule has 112 valence electrons. The van der Waals surface area contributed by atoms with Crippen molar-refractivity contribution >= 4 is 5.97 Å². The van der Waals surface area contributed by atoms with Crippen LogP contribution < -0.4 is 0 Å². The molecule has 1 heterocycles. The minimum Gasteiger partial charge on any atom is -0.462 e. The lowest BCUT2D eigenvalue weighted by Gasteiger charge is -2.20. The summed E-state index contributed by atoms with van der Waals surface area (Å²) in [5.74, 6) is -0.916. The molecule has 2 atom stereocenters. The summed E-state index contributed by atoms with van der Waals surface area (Å²) in [6.45, 7) is 9.43. The molecule has 0 radical (unpaired) electrons. The van der Waals surface area contributed by atoms with Gasteiger partial charge in [-0.25, -0.2) is 0 Å². The van der Waals surface area contributed by atoms with Gasteiger partial charge in [0, 0.05) is 6.61 Å². The number of hydrogen-bond acceptors (Lipinski definition) is 5. The van der Waals surface area contributed by atoms with Gasteiger partial charge in [-0.1, -0.05) is 0 Å². The van der Waals surface area contributed by atoms with Crippen molar-refractivity contribution in [2.75, 3.05) is 13.2 Å². The summed E-state index contributed by atoms with van der Waals surface area (Å²) in [5.41, 5.74) is -0.518. The third-order valence-corrected chi connectivity index (χ3v) is 2.92. The second kappa shape index (κ2) is 6.20. The normalized spacial score (nSPS) is 26.4. The monoisotopic (exact) mass is 274 g/mol. The van der Waals surface area contributed by atoms with E-state index >= 15 is 0 Å². The number of carbonyl (C=O) groups excluding carboxylic acids is 1. The Bertz CT molecular complexity index is 305. The van der Waals surface area contributed by atoms with Crippen molar-refractivity contribution in [2.24, 2.45) is 5.41 Å². The SMILES string of the molecule is CC1(C)OC(CCCO)C(COC(=O)C(C)(C)C)O1. The number of ether oxygens (including phenoxy) is 3. The van der Waals surface area contributed by atoms with Crippen molar-refractivity contribution in [1.29, 1.82) is 0 Å². The van der Waals surface area contributed by atoms with Crippen molar-refractivity contribution in [1.82, 2.24) is 0 Å². The summed E-state index contributed by atoms with van der Waals surface area (Å²) < 4.78 is 16.8. The maximum absolute atomic E-state index is 11.7. The van der Waals surface area contributed by atoms with E-state index in [1.807, 2.05) is 34.6 Å². The van der Waals surface area contributed by atoms with Gasteiger partial charge in [0.15, 0.2) is 5.79 Å². The lowest BCUT2D eigenvalue weighted by Crippen LogP contribution is -2.32. The van der Waals surface area contributed by atoms with Gasteiger partial charge in [0.2, 0.25) is 0 Å². The van der Waals surface area contributed by atoms with Gasteiger partial charge in [0.1, 0.15) is 12.7 Å². The molecule has 1 aliphatic rings. The second-order valence-electron chi connectivity index (χ2n) is 6.43. The van der Waals surface area contributed by atoms with E-state index in [4.69, 9.17) is 19.3 Å².